The SMILES string of the molecule is CCNCC1CCC(CC)CC1c1ccc(Cl)cc1. The molecule has 3 unspecified atom stereocenters. The third kappa shape index (κ3) is 3.97. The van der Waals surface area contributed by atoms with E-state index in [0.717, 1.165) is 29.9 Å². The summed E-state index contributed by atoms with van der Waals surface area (Å²) in [6, 6.07) is 8.53. The monoisotopic (exact) mass is 279 g/mol. The van der Waals surface area contributed by atoms with Crippen molar-refractivity contribution in [3.8, 4) is 0 Å². The summed E-state index contributed by atoms with van der Waals surface area (Å²) in [5.74, 6) is 2.39. The highest BCUT2D eigenvalue weighted by Crippen LogP contribution is 2.41. The van der Waals surface area contributed by atoms with Crippen molar-refractivity contribution in [3.05, 3.63) is 34.9 Å². The van der Waals surface area contributed by atoms with Gasteiger partial charge in [0.05, 0.1) is 0 Å². The quantitative estimate of drug-likeness (QED) is 0.812. The first-order valence-corrected chi connectivity index (χ1v) is 8.08. The minimum atomic E-state index is 0.704. The minimum absolute atomic E-state index is 0.704. The lowest BCUT2D eigenvalue weighted by Gasteiger charge is -2.36. The molecule has 1 aromatic rings. The summed E-state index contributed by atoms with van der Waals surface area (Å²) in [6.45, 7) is 6.74. The molecular formula is C17H26ClN. The number of hydrogen-bond donors (Lipinski definition) is 1. The maximum atomic E-state index is 6.01. The Morgan fingerprint density at radius 2 is 1.89 bits per heavy atom. The average molecular weight is 280 g/mol. The van der Waals surface area contributed by atoms with Crippen molar-refractivity contribution in [2.75, 3.05) is 13.1 Å². The molecule has 0 amide bonds. The van der Waals surface area contributed by atoms with E-state index >= 15 is 0 Å². The van der Waals surface area contributed by atoms with Gasteiger partial charge in [0.2, 0.25) is 0 Å². The number of benzene rings is 1. The minimum Gasteiger partial charge on any atom is -0.317 e. The van der Waals surface area contributed by atoms with E-state index in [-0.39, 0.29) is 0 Å². The Morgan fingerprint density at radius 3 is 2.53 bits per heavy atom. The molecule has 3 atom stereocenters. The Morgan fingerprint density at radius 1 is 1.16 bits per heavy atom. The maximum absolute atomic E-state index is 6.01. The van der Waals surface area contributed by atoms with Crippen molar-refractivity contribution < 1.29 is 0 Å². The molecular weight excluding hydrogens is 254 g/mol. The summed E-state index contributed by atoms with van der Waals surface area (Å²) in [7, 11) is 0. The van der Waals surface area contributed by atoms with Crippen molar-refractivity contribution >= 4 is 11.6 Å². The lowest BCUT2D eigenvalue weighted by atomic mass is 9.70. The van der Waals surface area contributed by atoms with E-state index in [1.807, 2.05) is 12.1 Å². The fourth-order valence-electron chi connectivity index (χ4n) is 3.38. The second kappa shape index (κ2) is 7.31. The van der Waals surface area contributed by atoms with Gasteiger partial charge >= 0.3 is 0 Å². The summed E-state index contributed by atoms with van der Waals surface area (Å²) in [5.41, 5.74) is 1.48. The van der Waals surface area contributed by atoms with Crippen molar-refractivity contribution in [1.82, 2.24) is 5.32 Å². The average Bonchev–Trinajstić information content (AvgIpc) is 2.46. The first-order chi connectivity index (χ1) is 9.24. The fraction of sp³-hybridized carbons (Fsp3) is 0.647. The number of rotatable bonds is 5. The zero-order valence-corrected chi connectivity index (χ0v) is 12.9. The van der Waals surface area contributed by atoms with E-state index in [9.17, 15) is 0 Å². The van der Waals surface area contributed by atoms with Gasteiger partial charge in [-0.15, -0.1) is 0 Å². The van der Waals surface area contributed by atoms with Gasteiger partial charge in [0.25, 0.3) is 0 Å². The van der Waals surface area contributed by atoms with Crippen LogP contribution in [0.5, 0.6) is 0 Å². The van der Waals surface area contributed by atoms with Crippen molar-refractivity contribution in [3.63, 3.8) is 0 Å². The van der Waals surface area contributed by atoms with Gasteiger partial charge in [-0.2, -0.15) is 0 Å². The van der Waals surface area contributed by atoms with E-state index in [2.05, 4.69) is 31.3 Å². The highest BCUT2D eigenvalue weighted by Gasteiger charge is 2.30. The third-order valence-corrected chi connectivity index (χ3v) is 4.89. The summed E-state index contributed by atoms with van der Waals surface area (Å²) < 4.78 is 0. The first kappa shape index (κ1) is 14.9. The normalized spacial score (nSPS) is 27.4. The van der Waals surface area contributed by atoms with Gasteiger partial charge in [-0.3, -0.25) is 0 Å². The largest absolute Gasteiger partial charge is 0.317 e. The molecule has 0 aromatic heterocycles. The molecule has 1 aliphatic carbocycles. The van der Waals surface area contributed by atoms with Crippen LogP contribution in [0, 0.1) is 11.8 Å². The van der Waals surface area contributed by atoms with Crippen LogP contribution >= 0.6 is 11.6 Å². The Bertz CT molecular complexity index is 373. The van der Waals surface area contributed by atoms with Crippen LogP contribution in [0.2, 0.25) is 5.02 Å². The van der Waals surface area contributed by atoms with Crippen LogP contribution in [-0.4, -0.2) is 13.1 Å². The Balaban J connectivity index is 2.12. The summed E-state index contributed by atoms with van der Waals surface area (Å²) in [4.78, 5) is 0. The van der Waals surface area contributed by atoms with Gasteiger partial charge in [0, 0.05) is 5.02 Å². The second-order valence-electron chi connectivity index (χ2n) is 5.81. The molecule has 1 aromatic carbocycles. The summed E-state index contributed by atoms with van der Waals surface area (Å²) >= 11 is 6.01. The van der Waals surface area contributed by atoms with E-state index < -0.39 is 0 Å². The molecule has 1 nitrogen and oxygen atoms in total. The molecule has 106 valence electrons. The van der Waals surface area contributed by atoms with E-state index in [1.165, 1.54) is 31.2 Å². The number of halogens is 1. The van der Waals surface area contributed by atoms with Crippen LogP contribution in [0.4, 0.5) is 0 Å². The number of nitrogens with one attached hydrogen (secondary N) is 1. The molecule has 19 heavy (non-hydrogen) atoms. The molecule has 2 heteroatoms. The van der Waals surface area contributed by atoms with Crippen molar-refractivity contribution in [2.24, 2.45) is 11.8 Å². The van der Waals surface area contributed by atoms with Gasteiger partial charge in [-0.25, -0.2) is 0 Å². The zero-order chi connectivity index (χ0) is 13.7. The Labute approximate surface area is 122 Å². The maximum Gasteiger partial charge on any atom is 0.0406 e. The molecule has 0 spiro atoms. The molecule has 0 saturated heterocycles. The van der Waals surface area contributed by atoms with Crippen LogP contribution in [0.1, 0.15) is 51.0 Å². The Kier molecular flexibility index (Phi) is 5.72. The highest BCUT2D eigenvalue weighted by atomic mass is 35.5. The van der Waals surface area contributed by atoms with Gasteiger partial charge < -0.3 is 5.32 Å². The van der Waals surface area contributed by atoms with E-state index in [1.54, 1.807) is 0 Å². The molecule has 0 bridgehead atoms. The van der Waals surface area contributed by atoms with Crippen LogP contribution in [0.3, 0.4) is 0 Å². The standard InChI is InChI=1S/C17H26ClN/c1-3-13-5-6-15(12-19-4-2)17(11-13)14-7-9-16(18)10-8-14/h7-10,13,15,17,19H,3-6,11-12H2,1-2H3. The second-order valence-corrected chi connectivity index (χ2v) is 6.25. The predicted molar refractivity (Wildman–Crippen MR) is 83.9 cm³/mol. The lowest BCUT2D eigenvalue weighted by molar-refractivity contribution is 0.226. The van der Waals surface area contributed by atoms with Gasteiger partial charge in [0.1, 0.15) is 0 Å². The molecule has 1 N–H and O–H groups in total. The molecule has 0 heterocycles. The van der Waals surface area contributed by atoms with Gasteiger partial charge in [-0.05, 0) is 61.4 Å². The van der Waals surface area contributed by atoms with Crippen LogP contribution in [0.25, 0.3) is 0 Å². The summed E-state index contributed by atoms with van der Waals surface area (Å²) in [6.07, 6.45) is 5.42. The lowest BCUT2D eigenvalue weighted by Crippen LogP contribution is -2.31. The first-order valence-electron chi connectivity index (χ1n) is 7.70. The summed E-state index contributed by atoms with van der Waals surface area (Å²) in [5, 5.41) is 4.38. The smallest absolute Gasteiger partial charge is 0.0406 e. The zero-order valence-electron chi connectivity index (χ0n) is 12.2. The van der Waals surface area contributed by atoms with E-state index in [4.69, 9.17) is 11.6 Å². The topological polar surface area (TPSA) is 12.0 Å². The van der Waals surface area contributed by atoms with Gasteiger partial charge in [-0.1, -0.05) is 50.4 Å². The van der Waals surface area contributed by atoms with Crippen LogP contribution in [0.15, 0.2) is 24.3 Å². The van der Waals surface area contributed by atoms with Crippen LogP contribution in [-0.2, 0) is 0 Å². The molecule has 1 saturated carbocycles. The molecule has 2 rings (SSSR count). The highest BCUT2D eigenvalue weighted by molar-refractivity contribution is 6.30. The van der Waals surface area contributed by atoms with Crippen LogP contribution < -0.4 is 5.32 Å². The van der Waals surface area contributed by atoms with Gasteiger partial charge in [0.15, 0.2) is 0 Å². The van der Waals surface area contributed by atoms with E-state index in [0.29, 0.717) is 5.92 Å². The molecule has 1 fully saturated rings. The molecule has 0 aliphatic heterocycles. The van der Waals surface area contributed by atoms with Crippen molar-refractivity contribution in [1.29, 1.82) is 0 Å². The Hall–Kier alpha value is -0.530. The fourth-order valence-corrected chi connectivity index (χ4v) is 3.51. The predicted octanol–water partition coefficient (Wildman–Crippen LogP) is 4.86. The third-order valence-electron chi connectivity index (χ3n) is 4.63. The molecule has 0 radical (unpaired) electrons. The molecule has 1 aliphatic rings. The van der Waals surface area contributed by atoms with Crippen molar-refractivity contribution in [2.45, 2.75) is 45.4 Å². The number of hydrogen-bond acceptors (Lipinski definition) is 1.